The van der Waals surface area contributed by atoms with Crippen LogP contribution in [-0.2, 0) is 6.54 Å². The molecule has 0 aromatic heterocycles. The van der Waals surface area contributed by atoms with E-state index in [2.05, 4.69) is 21.2 Å². The quantitative estimate of drug-likeness (QED) is 0.906. The standard InChI is InChI=1S/C9H11BrClNO/c1-12-5-6-3-9(13-2)7(10)4-8(6)11/h3-4,12H,5H2,1-2H3. The molecule has 0 amide bonds. The summed E-state index contributed by atoms with van der Waals surface area (Å²) in [5, 5.41) is 3.78. The molecule has 2 nitrogen and oxygen atoms in total. The topological polar surface area (TPSA) is 21.3 Å². The fourth-order valence-electron chi connectivity index (χ4n) is 1.05. The predicted molar refractivity (Wildman–Crippen MR) is 58.5 cm³/mol. The molecule has 0 aliphatic carbocycles. The van der Waals surface area contributed by atoms with Gasteiger partial charge >= 0.3 is 0 Å². The molecule has 0 spiro atoms. The van der Waals surface area contributed by atoms with Crippen LogP contribution in [0.5, 0.6) is 5.75 Å². The van der Waals surface area contributed by atoms with E-state index < -0.39 is 0 Å². The van der Waals surface area contributed by atoms with Crippen LogP contribution < -0.4 is 10.1 Å². The molecule has 0 saturated heterocycles. The van der Waals surface area contributed by atoms with Crippen LogP contribution in [0.15, 0.2) is 16.6 Å². The molecule has 0 bridgehead atoms. The first kappa shape index (κ1) is 10.8. The fourth-order valence-corrected chi connectivity index (χ4v) is 1.92. The van der Waals surface area contributed by atoms with Crippen molar-refractivity contribution >= 4 is 27.5 Å². The molecule has 1 aromatic rings. The minimum Gasteiger partial charge on any atom is -0.496 e. The van der Waals surface area contributed by atoms with Gasteiger partial charge in [-0.15, -0.1) is 0 Å². The summed E-state index contributed by atoms with van der Waals surface area (Å²) in [7, 11) is 3.52. The Bertz CT molecular complexity index is 304. The molecule has 72 valence electrons. The number of rotatable bonds is 3. The first-order valence-corrected chi connectivity index (χ1v) is 5.02. The second-order valence-corrected chi connectivity index (χ2v) is 3.87. The highest BCUT2D eigenvalue weighted by atomic mass is 79.9. The van der Waals surface area contributed by atoms with E-state index in [0.717, 1.165) is 27.4 Å². The summed E-state index contributed by atoms with van der Waals surface area (Å²) in [6.07, 6.45) is 0. The van der Waals surface area contributed by atoms with Gasteiger partial charge in [-0.25, -0.2) is 0 Å². The second-order valence-electron chi connectivity index (χ2n) is 2.61. The van der Waals surface area contributed by atoms with Gasteiger partial charge in [-0.05, 0) is 40.7 Å². The zero-order valence-electron chi connectivity index (χ0n) is 7.53. The van der Waals surface area contributed by atoms with Gasteiger partial charge in [-0.2, -0.15) is 0 Å². The molecular weight excluding hydrogens is 253 g/mol. The third-order valence-corrected chi connectivity index (χ3v) is 2.66. The maximum Gasteiger partial charge on any atom is 0.133 e. The van der Waals surface area contributed by atoms with Crippen LogP contribution in [0.25, 0.3) is 0 Å². The lowest BCUT2D eigenvalue weighted by Gasteiger charge is -2.08. The van der Waals surface area contributed by atoms with Crippen LogP contribution in [0, 0.1) is 0 Å². The number of ether oxygens (including phenoxy) is 1. The van der Waals surface area contributed by atoms with Crippen molar-refractivity contribution in [1.29, 1.82) is 0 Å². The van der Waals surface area contributed by atoms with Crippen LogP contribution in [0.1, 0.15) is 5.56 Å². The minimum absolute atomic E-state index is 0.738. The van der Waals surface area contributed by atoms with Gasteiger partial charge in [-0.1, -0.05) is 11.6 Å². The molecule has 1 aromatic carbocycles. The number of nitrogens with one attached hydrogen (secondary N) is 1. The lowest BCUT2D eigenvalue weighted by atomic mass is 10.2. The summed E-state index contributed by atoms with van der Waals surface area (Å²) in [5.74, 6) is 0.801. The molecule has 13 heavy (non-hydrogen) atoms. The lowest BCUT2D eigenvalue weighted by Crippen LogP contribution is -2.05. The molecule has 0 saturated carbocycles. The van der Waals surface area contributed by atoms with Crippen molar-refractivity contribution in [3.8, 4) is 5.75 Å². The average molecular weight is 265 g/mol. The van der Waals surface area contributed by atoms with Gasteiger partial charge in [-0.3, -0.25) is 0 Å². The smallest absolute Gasteiger partial charge is 0.133 e. The molecule has 0 unspecified atom stereocenters. The van der Waals surface area contributed by atoms with Crippen molar-refractivity contribution in [1.82, 2.24) is 5.32 Å². The van der Waals surface area contributed by atoms with E-state index >= 15 is 0 Å². The Morgan fingerprint density at radius 2 is 2.23 bits per heavy atom. The van der Waals surface area contributed by atoms with E-state index in [1.165, 1.54) is 0 Å². The summed E-state index contributed by atoms with van der Waals surface area (Å²) >= 11 is 9.37. The van der Waals surface area contributed by atoms with Crippen LogP contribution >= 0.6 is 27.5 Å². The molecule has 1 N–H and O–H groups in total. The third kappa shape index (κ3) is 2.59. The van der Waals surface area contributed by atoms with Gasteiger partial charge in [0.05, 0.1) is 11.6 Å². The molecule has 0 radical (unpaired) electrons. The predicted octanol–water partition coefficient (Wildman–Crippen LogP) is 2.83. The second kappa shape index (κ2) is 4.84. The van der Waals surface area contributed by atoms with Gasteiger partial charge in [0, 0.05) is 11.6 Å². The van der Waals surface area contributed by atoms with Crippen molar-refractivity contribution in [2.24, 2.45) is 0 Å². The van der Waals surface area contributed by atoms with Crippen LogP contribution in [0.2, 0.25) is 5.02 Å². The summed E-state index contributed by atoms with van der Waals surface area (Å²) in [5.41, 5.74) is 1.03. The van der Waals surface area contributed by atoms with Gasteiger partial charge in [0.15, 0.2) is 0 Å². The lowest BCUT2D eigenvalue weighted by molar-refractivity contribution is 0.411. The molecule has 1 rings (SSSR count). The Labute approximate surface area is 91.4 Å². The van der Waals surface area contributed by atoms with Crippen LogP contribution in [-0.4, -0.2) is 14.2 Å². The zero-order valence-corrected chi connectivity index (χ0v) is 9.87. The highest BCUT2D eigenvalue weighted by Crippen LogP contribution is 2.30. The summed E-state index contributed by atoms with van der Waals surface area (Å²) in [4.78, 5) is 0. The van der Waals surface area contributed by atoms with Crippen molar-refractivity contribution < 1.29 is 4.74 Å². The Balaban J connectivity index is 3.06. The van der Waals surface area contributed by atoms with Gasteiger partial charge in [0.1, 0.15) is 5.75 Å². The van der Waals surface area contributed by atoms with Crippen molar-refractivity contribution in [2.75, 3.05) is 14.2 Å². The van der Waals surface area contributed by atoms with Crippen LogP contribution in [0.4, 0.5) is 0 Å². The normalized spacial score (nSPS) is 10.2. The number of hydrogen-bond acceptors (Lipinski definition) is 2. The molecule has 0 aliphatic heterocycles. The van der Waals surface area contributed by atoms with Crippen molar-refractivity contribution in [3.05, 3.63) is 27.2 Å². The van der Waals surface area contributed by atoms with E-state index in [9.17, 15) is 0 Å². The van der Waals surface area contributed by atoms with E-state index in [-0.39, 0.29) is 0 Å². The van der Waals surface area contributed by atoms with E-state index in [0.29, 0.717) is 0 Å². The number of halogens is 2. The first-order valence-electron chi connectivity index (χ1n) is 3.85. The molecule has 0 fully saturated rings. The third-order valence-electron chi connectivity index (χ3n) is 1.69. The summed E-state index contributed by atoms with van der Waals surface area (Å²) in [6.45, 7) is 0.739. The number of methoxy groups -OCH3 is 1. The van der Waals surface area contributed by atoms with Gasteiger partial charge in [0.2, 0.25) is 0 Å². The molecule has 4 heteroatoms. The Morgan fingerprint density at radius 3 is 2.77 bits per heavy atom. The molecule has 0 heterocycles. The van der Waals surface area contributed by atoms with Crippen molar-refractivity contribution in [3.63, 3.8) is 0 Å². The average Bonchev–Trinajstić information content (AvgIpc) is 2.10. The Morgan fingerprint density at radius 1 is 1.54 bits per heavy atom. The summed E-state index contributed by atoms with van der Waals surface area (Å²) in [6, 6.07) is 3.76. The molecule has 0 aliphatic rings. The molecular formula is C9H11BrClNO. The Hall–Kier alpha value is -0.250. The van der Waals surface area contributed by atoms with Gasteiger partial charge < -0.3 is 10.1 Å². The number of benzene rings is 1. The largest absolute Gasteiger partial charge is 0.496 e. The first-order chi connectivity index (χ1) is 6.19. The van der Waals surface area contributed by atoms with E-state index in [1.807, 2.05) is 19.2 Å². The van der Waals surface area contributed by atoms with E-state index in [1.54, 1.807) is 7.11 Å². The van der Waals surface area contributed by atoms with E-state index in [4.69, 9.17) is 16.3 Å². The minimum atomic E-state index is 0.738. The van der Waals surface area contributed by atoms with Gasteiger partial charge in [0.25, 0.3) is 0 Å². The SMILES string of the molecule is CNCc1cc(OC)c(Br)cc1Cl. The monoisotopic (exact) mass is 263 g/mol. The summed E-state index contributed by atoms with van der Waals surface area (Å²) < 4.78 is 6.03. The fraction of sp³-hybridized carbons (Fsp3) is 0.333. The highest BCUT2D eigenvalue weighted by Gasteiger charge is 2.06. The maximum absolute atomic E-state index is 6.01. The maximum atomic E-state index is 6.01. The highest BCUT2D eigenvalue weighted by molar-refractivity contribution is 9.10. The zero-order chi connectivity index (χ0) is 9.84. The Kier molecular flexibility index (Phi) is 4.03. The number of hydrogen-bond donors (Lipinski definition) is 1. The van der Waals surface area contributed by atoms with Crippen LogP contribution in [0.3, 0.4) is 0 Å². The molecule has 0 atom stereocenters. The van der Waals surface area contributed by atoms with Crippen molar-refractivity contribution in [2.45, 2.75) is 6.54 Å².